The average Bonchev–Trinajstić information content (AvgIpc) is 3.10. The van der Waals surface area contributed by atoms with Crippen molar-refractivity contribution in [2.45, 2.75) is 52.6 Å². The van der Waals surface area contributed by atoms with Crippen LogP contribution >= 0.6 is 0 Å². The molecular weight excluding hydrogens is 395 g/mol. The van der Waals surface area contributed by atoms with Crippen LogP contribution in [-0.2, 0) is 23.8 Å². The van der Waals surface area contributed by atoms with Crippen molar-refractivity contribution in [3.8, 4) is 0 Å². The molecule has 3 rings (SSSR count). The fourth-order valence-corrected chi connectivity index (χ4v) is 3.22. The van der Waals surface area contributed by atoms with E-state index in [1.165, 1.54) is 5.56 Å². The van der Waals surface area contributed by atoms with E-state index in [4.69, 9.17) is 0 Å². The third-order valence-corrected chi connectivity index (χ3v) is 5.02. The van der Waals surface area contributed by atoms with Crippen molar-refractivity contribution in [2.24, 2.45) is 0 Å². The van der Waals surface area contributed by atoms with Crippen LogP contribution in [-0.4, -0.2) is 32.0 Å². The van der Waals surface area contributed by atoms with Gasteiger partial charge in [-0.3, -0.25) is 4.79 Å². The average molecular weight is 419 g/mol. The highest BCUT2D eigenvalue weighted by molar-refractivity contribution is 5.79. The summed E-state index contributed by atoms with van der Waals surface area (Å²) < 4.78 is 39.7. The Morgan fingerprint density at radius 2 is 1.80 bits per heavy atom. The highest BCUT2D eigenvalue weighted by atomic mass is 19.4. The summed E-state index contributed by atoms with van der Waals surface area (Å²) in [6.07, 6.45) is -3.95. The maximum atomic E-state index is 12.9. The van der Waals surface area contributed by atoms with Crippen molar-refractivity contribution in [1.29, 1.82) is 0 Å². The van der Waals surface area contributed by atoms with Crippen LogP contribution in [0.25, 0.3) is 5.78 Å². The summed E-state index contributed by atoms with van der Waals surface area (Å²) in [5, 5.41) is 6.36. The van der Waals surface area contributed by atoms with Gasteiger partial charge in [-0.15, -0.1) is 5.10 Å². The van der Waals surface area contributed by atoms with Crippen LogP contribution in [0, 0.1) is 13.8 Å². The Kier molecular flexibility index (Phi) is 6.09. The highest BCUT2D eigenvalue weighted by Gasteiger charge is 2.37. The molecule has 0 fully saturated rings. The first-order valence-electron chi connectivity index (χ1n) is 9.72. The molecule has 1 N–H and O–H groups in total. The molecule has 0 aliphatic rings. The molecular formula is C21H24F3N5O. The Bertz CT molecular complexity index is 1060. The molecule has 3 aromatic rings. The van der Waals surface area contributed by atoms with Crippen molar-refractivity contribution in [1.82, 2.24) is 24.9 Å². The minimum absolute atomic E-state index is 0.00804. The van der Waals surface area contributed by atoms with Crippen LogP contribution in [0.2, 0.25) is 0 Å². The number of carbonyl (C=O) groups is 1. The lowest BCUT2D eigenvalue weighted by Crippen LogP contribution is -2.28. The molecule has 1 aromatic carbocycles. The van der Waals surface area contributed by atoms with Gasteiger partial charge in [-0.2, -0.15) is 18.2 Å². The van der Waals surface area contributed by atoms with Crippen molar-refractivity contribution in [3.63, 3.8) is 0 Å². The normalized spacial score (nSPS) is 12.0. The van der Waals surface area contributed by atoms with E-state index in [2.05, 4.69) is 58.5 Å². The standard InChI is InChI=1S/C21H24F3N5O/c1-12(2)16-7-5-15(6-8-16)9-10-25-18(30)11-17-13(3)26-20-27-19(21(22,23)24)28-29(20)14(17)4/h5-8,12H,9-11H2,1-4H3,(H,25,30). The molecule has 2 aromatic heterocycles. The summed E-state index contributed by atoms with van der Waals surface area (Å²) in [5.74, 6) is -1.14. The van der Waals surface area contributed by atoms with Gasteiger partial charge < -0.3 is 5.32 Å². The number of nitrogens with zero attached hydrogens (tertiary/aromatic N) is 4. The Morgan fingerprint density at radius 3 is 2.40 bits per heavy atom. The zero-order chi connectivity index (χ0) is 22.1. The van der Waals surface area contributed by atoms with E-state index in [9.17, 15) is 18.0 Å². The fourth-order valence-electron chi connectivity index (χ4n) is 3.22. The fraction of sp³-hybridized carbons (Fsp3) is 0.429. The van der Waals surface area contributed by atoms with E-state index in [0.29, 0.717) is 35.8 Å². The Balaban J connectivity index is 1.66. The lowest BCUT2D eigenvalue weighted by atomic mass is 10.0. The third kappa shape index (κ3) is 4.77. The van der Waals surface area contributed by atoms with Gasteiger partial charge in [-0.1, -0.05) is 38.1 Å². The number of nitrogens with one attached hydrogen (secondary N) is 1. The minimum Gasteiger partial charge on any atom is -0.355 e. The topological polar surface area (TPSA) is 72.2 Å². The van der Waals surface area contributed by atoms with Gasteiger partial charge in [0.1, 0.15) is 0 Å². The van der Waals surface area contributed by atoms with E-state index in [1.807, 2.05) is 0 Å². The summed E-state index contributed by atoms with van der Waals surface area (Å²) in [7, 11) is 0. The molecule has 2 heterocycles. The van der Waals surface area contributed by atoms with Gasteiger partial charge in [0.2, 0.25) is 5.91 Å². The van der Waals surface area contributed by atoms with Crippen LogP contribution in [0.15, 0.2) is 24.3 Å². The number of amides is 1. The molecule has 0 unspecified atom stereocenters. The van der Waals surface area contributed by atoms with E-state index >= 15 is 0 Å². The van der Waals surface area contributed by atoms with Crippen molar-refractivity contribution >= 4 is 11.7 Å². The van der Waals surface area contributed by atoms with E-state index in [-0.39, 0.29) is 18.1 Å². The second-order valence-electron chi connectivity index (χ2n) is 7.58. The van der Waals surface area contributed by atoms with Crippen LogP contribution in [0.1, 0.15) is 53.7 Å². The van der Waals surface area contributed by atoms with Crippen molar-refractivity contribution in [3.05, 3.63) is 58.2 Å². The minimum atomic E-state index is -4.65. The summed E-state index contributed by atoms with van der Waals surface area (Å²) in [6, 6.07) is 8.28. The third-order valence-electron chi connectivity index (χ3n) is 5.02. The summed E-state index contributed by atoms with van der Waals surface area (Å²) in [6.45, 7) is 7.99. The van der Waals surface area contributed by atoms with Crippen LogP contribution in [0.4, 0.5) is 13.2 Å². The Labute approximate surface area is 172 Å². The number of carbonyl (C=O) groups excluding carboxylic acids is 1. The molecule has 0 aliphatic heterocycles. The Morgan fingerprint density at radius 1 is 1.13 bits per heavy atom. The summed E-state index contributed by atoms with van der Waals surface area (Å²) in [5.41, 5.74) is 3.80. The molecule has 0 saturated heterocycles. The quantitative estimate of drug-likeness (QED) is 0.660. The van der Waals surface area contributed by atoms with Gasteiger partial charge in [0.25, 0.3) is 11.6 Å². The van der Waals surface area contributed by atoms with Crippen LogP contribution in [0.5, 0.6) is 0 Å². The molecule has 0 spiro atoms. The molecule has 1 amide bonds. The number of fused-ring (bicyclic) bond motifs is 1. The van der Waals surface area contributed by atoms with Gasteiger partial charge in [-0.25, -0.2) is 9.50 Å². The molecule has 0 aliphatic carbocycles. The summed E-state index contributed by atoms with van der Waals surface area (Å²) in [4.78, 5) is 19.9. The maximum absolute atomic E-state index is 12.9. The molecule has 160 valence electrons. The van der Waals surface area contributed by atoms with Gasteiger partial charge in [-0.05, 0) is 37.3 Å². The van der Waals surface area contributed by atoms with Crippen LogP contribution in [0.3, 0.4) is 0 Å². The number of hydrogen-bond acceptors (Lipinski definition) is 4. The largest absolute Gasteiger partial charge is 0.453 e. The number of benzene rings is 1. The number of halogens is 3. The van der Waals surface area contributed by atoms with Gasteiger partial charge >= 0.3 is 6.18 Å². The number of hydrogen-bond donors (Lipinski definition) is 1. The number of aryl methyl sites for hydroxylation is 2. The number of aromatic nitrogens is 4. The first-order chi connectivity index (χ1) is 14.1. The maximum Gasteiger partial charge on any atom is 0.453 e. The number of rotatable bonds is 6. The van der Waals surface area contributed by atoms with Gasteiger partial charge in [0.15, 0.2) is 0 Å². The predicted octanol–water partition coefficient (Wildman–Crippen LogP) is 3.78. The monoisotopic (exact) mass is 419 g/mol. The second kappa shape index (κ2) is 8.41. The lowest BCUT2D eigenvalue weighted by Gasteiger charge is -2.11. The zero-order valence-corrected chi connectivity index (χ0v) is 17.3. The first kappa shape index (κ1) is 21.7. The number of alkyl halides is 3. The second-order valence-corrected chi connectivity index (χ2v) is 7.58. The highest BCUT2D eigenvalue weighted by Crippen LogP contribution is 2.27. The van der Waals surface area contributed by atoms with Gasteiger partial charge in [0, 0.05) is 23.5 Å². The zero-order valence-electron chi connectivity index (χ0n) is 17.3. The Hall–Kier alpha value is -2.97. The molecule has 0 saturated carbocycles. The molecule has 0 atom stereocenters. The molecule has 0 radical (unpaired) electrons. The van der Waals surface area contributed by atoms with Crippen molar-refractivity contribution in [2.75, 3.05) is 6.54 Å². The summed E-state index contributed by atoms with van der Waals surface area (Å²) >= 11 is 0. The molecule has 30 heavy (non-hydrogen) atoms. The van der Waals surface area contributed by atoms with E-state index in [0.717, 1.165) is 10.1 Å². The van der Waals surface area contributed by atoms with E-state index in [1.54, 1.807) is 13.8 Å². The molecule has 0 bridgehead atoms. The van der Waals surface area contributed by atoms with Gasteiger partial charge in [0.05, 0.1) is 6.42 Å². The smallest absolute Gasteiger partial charge is 0.355 e. The molecule has 9 heteroatoms. The lowest BCUT2D eigenvalue weighted by molar-refractivity contribution is -0.144. The first-order valence-corrected chi connectivity index (χ1v) is 9.72. The molecule has 6 nitrogen and oxygen atoms in total. The SMILES string of the molecule is Cc1nc2nc(C(F)(F)F)nn2c(C)c1CC(=O)NCCc1ccc(C(C)C)cc1. The van der Waals surface area contributed by atoms with Crippen LogP contribution < -0.4 is 5.32 Å². The van der Waals surface area contributed by atoms with Crippen molar-refractivity contribution < 1.29 is 18.0 Å². The predicted molar refractivity (Wildman–Crippen MR) is 106 cm³/mol. The van der Waals surface area contributed by atoms with E-state index < -0.39 is 12.0 Å².